The van der Waals surface area contributed by atoms with Gasteiger partial charge in [0.05, 0.1) is 18.1 Å². The van der Waals surface area contributed by atoms with Gasteiger partial charge in [0.25, 0.3) is 0 Å². The predicted octanol–water partition coefficient (Wildman–Crippen LogP) is 0.603. The zero-order valence-corrected chi connectivity index (χ0v) is 7.53. The molecular formula is C9H16N2O. The Hall–Kier alpha value is -0.590. The van der Waals surface area contributed by atoms with Gasteiger partial charge in [0, 0.05) is 13.1 Å². The summed E-state index contributed by atoms with van der Waals surface area (Å²) >= 11 is 0. The third kappa shape index (κ3) is 2.80. The fourth-order valence-corrected chi connectivity index (χ4v) is 1.63. The molecule has 1 aliphatic heterocycles. The van der Waals surface area contributed by atoms with E-state index in [1.807, 2.05) is 6.92 Å². The molecule has 1 heterocycles. The molecule has 0 bridgehead atoms. The van der Waals surface area contributed by atoms with Gasteiger partial charge in [-0.3, -0.25) is 4.90 Å². The summed E-state index contributed by atoms with van der Waals surface area (Å²) in [5.74, 6) is 0.0790. The van der Waals surface area contributed by atoms with Crippen LogP contribution in [-0.4, -0.2) is 35.7 Å². The second-order valence-electron chi connectivity index (χ2n) is 3.59. The molecular weight excluding hydrogens is 152 g/mol. The number of likely N-dealkylation sites (tertiary alicyclic amines) is 1. The van der Waals surface area contributed by atoms with Crippen molar-refractivity contribution in [2.75, 3.05) is 19.6 Å². The van der Waals surface area contributed by atoms with E-state index in [0.717, 1.165) is 32.5 Å². The van der Waals surface area contributed by atoms with Gasteiger partial charge >= 0.3 is 0 Å². The number of aliphatic hydroxyl groups is 1. The standard InChI is InChI=1S/C9H16N2O/c1-8(5-10)6-11-4-2-3-9(12)7-11/h8-9,12H,2-4,6-7H2,1H3. The van der Waals surface area contributed by atoms with E-state index in [1.54, 1.807) is 0 Å². The molecule has 3 nitrogen and oxygen atoms in total. The minimum Gasteiger partial charge on any atom is -0.392 e. The van der Waals surface area contributed by atoms with Crippen LogP contribution in [0.4, 0.5) is 0 Å². The number of piperidine rings is 1. The fraction of sp³-hybridized carbons (Fsp3) is 0.889. The van der Waals surface area contributed by atoms with Gasteiger partial charge in [-0.25, -0.2) is 0 Å². The molecule has 1 fully saturated rings. The largest absolute Gasteiger partial charge is 0.392 e. The lowest BCUT2D eigenvalue weighted by molar-refractivity contribution is 0.0669. The maximum absolute atomic E-state index is 9.34. The van der Waals surface area contributed by atoms with E-state index in [2.05, 4.69) is 11.0 Å². The maximum atomic E-state index is 9.34. The molecule has 0 aliphatic carbocycles. The lowest BCUT2D eigenvalue weighted by Gasteiger charge is -2.30. The summed E-state index contributed by atoms with van der Waals surface area (Å²) in [6.07, 6.45) is 1.79. The second-order valence-corrected chi connectivity index (χ2v) is 3.59. The molecule has 0 radical (unpaired) electrons. The van der Waals surface area contributed by atoms with Crippen LogP contribution in [0.5, 0.6) is 0 Å². The summed E-state index contributed by atoms with van der Waals surface area (Å²) in [6, 6.07) is 2.20. The summed E-state index contributed by atoms with van der Waals surface area (Å²) < 4.78 is 0. The smallest absolute Gasteiger partial charge is 0.0667 e. The summed E-state index contributed by atoms with van der Waals surface area (Å²) in [6.45, 7) is 4.49. The predicted molar refractivity (Wildman–Crippen MR) is 46.5 cm³/mol. The van der Waals surface area contributed by atoms with Crippen molar-refractivity contribution < 1.29 is 5.11 Å². The summed E-state index contributed by atoms with van der Waals surface area (Å²) in [5, 5.41) is 17.9. The van der Waals surface area contributed by atoms with Gasteiger partial charge in [-0.05, 0) is 26.3 Å². The Kier molecular flexibility index (Phi) is 3.51. The topological polar surface area (TPSA) is 47.3 Å². The first kappa shape index (κ1) is 9.50. The zero-order valence-electron chi connectivity index (χ0n) is 7.53. The van der Waals surface area contributed by atoms with Crippen molar-refractivity contribution in [1.29, 1.82) is 5.26 Å². The van der Waals surface area contributed by atoms with Crippen molar-refractivity contribution in [2.45, 2.75) is 25.9 Å². The molecule has 0 saturated carbocycles. The third-order valence-electron chi connectivity index (χ3n) is 2.23. The SMILES string of the molecule is CC(C#N)CN1CCCC(O)C1. The number of nitrogens with zero attached hydrogens (tertiary/aromatic N) is 2. The monoisotopic (exact) mass is 168 g/mol. The molecule has 0 spiro atoms. The lowest BCUT2D eigenvalue weighted by atomic mass is 10.1. The van der Waals surface area contributed by atoms with Gasteiger partial charge in [0.2, 0.25) is 0 Å². The Bertz CT molecular complexity index is 176. The molecule has 1 aliphatic rings. The minimum absolute atomic E-state index is 0.0790. The maximum Gasteiger partial charge on any atom is 0.0667 e. The van der Waals surface area contributed by atoms with Crippen LogP contribution in [0.1, 0.15) is 19.8 Å². The molecule has 2 atom stereocenters. The van der Waals surface area contributed by atoms with Crippen LogP contribution in [0.3, 0.4) is 0 Å². The minimum atomic E-state index is -0.176. The second kappa shape index (κ2) is 4.44. The van der Waals surface area contributed by atoms with Crippen molar-refractivity contribution in [2.24, 2.45) is 5.92 Å². The van der Waals surface area contributed by atoms with E-state index in [1.165, 1.54) is 0 Å². The molecule has 0 aromatic rings. The molecule has 68 valence electrons. The average molecular weight is 168 g/mol. The lowest BCUT2D eigenvalue weighted by Crippen LogP contribution is -2.40. The van der Waals surface area contributed by atoms with Crippen LogP contribution >= 0.6 is 0 Å². The van der Waals surface area contributed by atoms with Crippen molar-refractivity contribution in [3.8, 4) is 6.07 Å². The van der Waals surface area contributed by atoms with Gasteiger partial charge < -0.3 is 5.11 Å². The molecule has 1 saturated heterocycles. The molecule has 1 rings (SSSR count). The average Bonchev–Trinajstić information content (AvgIpc) is 2.04. The van der Waals surface area contributed by atoms with Gasteiger partial charge in [0.15, 0.2) is 0 Å². The Morgan fingerprint density at radius 2 is 2.50 bits per heavy atom. The first-order valence-electron chi connectivity index (χ1n) is 4.52. The van der Waals surface area contributed by atoms with Crippen molar-refractivity contribution in [1.82, 2.24) is 4.90 Å². The Balaban J connectivity index is 2.28. The van der Waals surface area contributed by atoms with Gasteiger partial charge in [0.1, 0.15) is 0 Å². The van der Waals surface area contributed by atoms with E-state index in [4.69, 9.17) is 5.26 Å². The van der Waals surface area contributed by atoms with Crippen LogP contribution in [0.15, 0.2) is 0 Å². The van der Waals surface area contributed by atoms with Crippen LogP contribution in [0.25, 0.3) is 0 Å². The molecule has 1 N–H and O–H groups in total. The van der Waals surface area contributed by atoms with E-state index in [-0.39, 0.29) is 12.0 Å². The number of hydrogen-bond acceptors (Lipinski definition) is 3. The third-order valence-corrected chi connectivity index (χ3v) is 2.23. The van der Waals surface area contributed by atoms with E-state index < -0.39 is 0 Å². The van der Waals surface area contributed by atoms with Crippen molar-refractivity contribution in [3.63, 3.8) is 0 Å². The van der Waals surface area contributed by atoms with Crippen LogP contribution in [0.2, 0.25) is 0 Å². The molecule has 0 aromatic heterocycles. The highest BCUT2D eigenvalue weighted by Gasteiger charge is 2.18. The number of aliphatic hydroxyl groups excluding tert-OH is 1. The molecule has 0 aromatic carbocycles. The van der Waals surface area contributed by atoms with E-state index >= 15 is 0 Å². The van der Waals surface area contributed by atoms with Crippen molar-refractivity contribution in [3.05, 3.63) is 0 Å². The van der Waals surface area contributed by atoms with Crippen molar-refractivity contribution >= 4 is 0 Å². The quantitative estimate of drug-likeness (QED) is 0.657. The first-order valence-corrected chi connectivity index (χ1v) is 4.52. The Labute approximate surface area is 73.6 Å². The molecule has 3 heteroatoms. The number of β-amino-alcohol motifs (C(OH)–C–C–N with tert-alkyl or cyclic N) is 1. The van der Waals surface area contributed by atoms with Gasteiger partial charge in [-0.2, -0.15) is 5.26 Å². The molecule has 2 unspecified atom stereocenters. The van der Waals surface area contributed by atoms with Gasteiger partial charge in [-0.15, -0.1) is 0 Å². The Morgan fingerprint density at radius 3 is 3.08 bits per heavy atom. The van der Waals surface area contributed by atoms with E-state index in [0.29, 0.717) is 0 Å². The summed E-state index contributed by atoms with van der Waals surface area (Å²) in [4.78, 5) is 2.17. The summed E-state index contributed by atoms with van der Waals surface area (Å²) in [5.41, 5.74) is 0. The van der Waals surface area contributed by atoms with Crippen LogP contribution < -0.4 is 0 Å². The van der Waals surface area contributed by atoms with Crippen LogP contribution in [0, 0.1) is 17.2 Å². The molecule has 0 amide bonds. The summed E-state index contributed by atoms with van der Waals surface area (Å²) in [7, 11) is 0. The number of rotatable bonds is 2. The zero-order chi connectivity index (χ0) is 8.97. The van der Waals surface area contributed by atoms with Crippen LogP contribution in [-0.2, 0) is 0 Å². The Morgan fingerprint density at radius 1 is 1.75 bits per heavy atom. The highest BCUT2D eigenvalue weighted by atomic mass is 16.3. The number of hydrogen-bond donors (Lipinski definition) is 1. The van der Waals surface area contributed by atoms with E-state index in [9.17, 15) is 5.11 Å². The van der Waals surface area contributed by atoms with Gasteiger partial charge in [-0.1, -0.05) is 0 Å². The fourth-order valence-electron chi connectivity index (χ4n) is 1.63. The highest BCUT2D eigenvalue weighted by Crippen LogP contribution is 2.11. The normalized spacial score (nSPS) is 27.9. The number of nitriles is 1. The first-order chi connectivity index (χ1) is 5.72. The molecule has 12 heavy (non-hydrogen) atoms. The highest BCUT2D eigenvalue weighted by molar-refractivity contribution is 4.83.